The van der Waals surface area contributed by atoms with Crippen molar-refractivity contribution in [2.45, 2.75) is 44.9 Å². The Balaban J connectivity index is 1.87. The van der Waals surface area contributed by atoms with E-state index in [9.17, 15) is 14.4 Å². The number of rotatable bonds is 10. The van der Waals surface area contributed by atoms with Gasteiger partial charge in [-0.05, 0) is 12.0 Å². The van der Waals surface area contributed by atoms with Gasteiger partial charge in [-0.3, -0.25) is 9.59 Å². The fourth-order valence-electron chi connectivity index (χ4n) is 4.47. The second-order valence-electron chi connectivity index (χ2n) is 8.50. The monoisotopic (exact) mass is 479 g/mol. The molecule has 1 aromatic rings. The number of carbonyl (C=O) groups excluding carboxylic acids is 3. The maximum absolute atomic E-state index is 13.4. The van der Waals surface area contributed by atoms with Crippen molar-refractivity contribution in [3.63, 3.8) is 0 Å². The highest BCUT2D eigenvalue weighted by Gasteiger charge is 2.50. The SMILES string of the molecule is C#CCOCCN1C[C@H]2N(C(=O)CN(CC#C)N2C(=O)NCc2ccccc2)[C@@H](CCCC)C1=O. The molecule has 2 aliphatic rings. The van der Waals surface area contributed by atoms with Gasteiger partial charge in [0, 0.05) is 13.1 Å². The Morgan fingerprint density at radius 1 is 1.20 bits per heavy atom. The van der Waals surface area contributed by atoms with Gasteiger partial charge in [0.1, 0.15) is 18.8 Å². The second kappa shape index (κ2) is 12.8. The molecule has 0 aromatic heterocycles. The van der Waals surface area contributed by atoms with E-state index in [0.717, 1.165) is 18.4 Å². The van der Waals surface area contributed by atoms with Crippen LogP contribution in [-0.4, -0.2) is 89.3 Å². The summed E-state index contributed by atoms with van der Waals surface area (Å²) in [5.74, 6) is 4.60. The van der Waals surface area contributed by atoms with Crippen LogP contribution in [0, 0.1) is 24.7 Å². The summed E-state index contributed by atoms with van der Waals surface area (Å²) in [6.07, 6.45) is 12.3. The van der Waals surface area contributed by atoms with E-state index in [4.69, 9.17) is 17.6 Å². The minimum atomic E-state index is -0.674. The number of fused-ring (bicyclic) bond motifs is 1. The lowest BCUT2D eigenvalue weighted by Gasteiger charge is -2.55. The molecule has 2 saturated heterocycles. The molecule has 2 fully saturated rings. The largest absolute Gasteiger partial charge is 0.367 e. The molecule has 186 valence electrons. The number of amides is 4. The van der Waals surface area contributed by atoms with Crippen LogP contribution >= 0.6 is 0 Å². The number of nitrogens with one attached hydrogen (secondary N) is 1. The minimum absolute atomic E-state index is 0.0688. The number of hydrogen-bond donors (Lipinski definition) is 1. The van der Waals surface area contributed by atoms with Crippen molar-refractivity contribution < 1.29 is 19.1 Å². The van der Waals surface area contributed by atoms with E-state index in [2.05, 4.69) is 17.2 Å². The molecule has 35 heavy (non-hydrogen) atoms. The van der Waals surface area contributed by atoms with Gasteiger partial charge in [-0.25, -0.2) is 9.80 Å². The van der Waals surface area contributed by atoms with Crippen LogP contribution in [0.4, 0.5) is 4.79 Å². The zero-order valence-electron chi connectivity index (χ0n) is 20.2. The molecule has 0 spiro atoms. The van der Waals surface area contributed by atoms with Crippen molar-refractivity contribution in [2.75, 3.05) is 39.4 Å². The zero-order chi connectivity index (χ0) is 25.2. The van der Waals surface area contributed by atoms with E-state index < -0.39 is 12.2 Å². The first kappa shape index (κ1) is 26.1. The number of unbranched alkanes of at least 4 members (excludes halogenated alkanes) is 1. The molecule has 3 rings (SSSR count). The molecule has 2 heterocycles. The van der Waals surface area contributed by atoms with Gasteiger partial charge in [0.15, 0.2) is 0 Å². The Labute approximate surface area is 207 Å². The van der Waals surface area contributed by atoms with Crippen LogP contribution in [0.25, 0.3) is 0 Å². The van der Waals surface area contributed by atoms with Gasteiger partial charge < -0.3 is 19.9 Å². The standard InChI is InChI=1S/C26H33N5O4/c1-4-7-13-22-25(33)28(15-17-35-16-6-3)19-23-30(22)24(32)20-29(14-5-2)31(23)26(34)27-18-21-11-9-8-10-12-21/h2-3,8-12,22-23H,4,7,13-20H2,1H3,(H,27,34)/t22-,23-/m0/s1. The van der Waals surface area contributed by atoms with Gasteiger partial charge in [-0.2, -0.15) is 5.01 Å². The predicted octanol–water partition coefficient (Wildman–Crippen LogP) is 1.27. The molecule has 1 N–H and O–H groups in total. The van der Waals surface area contributed by atoms with E-state index >= 15 is 0 Å². The van der Waals surface area contributed by atoms with Crippen LogP contribution in [0.5, 0.6) is 0 Å². The lowest BCUT2D eigenvalue weighted by Crippen LogP contribution is -2.76. The molecule has 0 bridgehead atoms. The van der Waals surface area contributed by atoms with Gasteiger partial charge in [-0.1, -0.05) is 61.9 Å². The van der Waals surface area contributed by atoms with Gasteiger partial charge in [-0.15, -0.1) is 12.8 Å². The number of piperazine rings is 1. The summed E-state index contributed by atoms with van der Waals surface area (Å²) >= 11 is 0. The number of benzene rings is 1. The van der Waals surface area contributed by atoms with Gasteiger partial charge in [0.05, 0.1) is 26.2 Å². The van der Waals surface area contributed by atoms with Crippen LogP contribution in [0.3, 0.4) is 0 Å². The number of ether oxygens (including phenoxy) is 1. The summed E-state index contributed by atoms with van der Waals surface area (Å²) < 4.78 is 5.39. The Hall–Kier alpha value is -3.53. The Kier molecular flexibility index (Phi) is 9.54. The van der Waals surface area contributed by atoms with Crippen LogP contribution in [-0.2, 0) is 20.9 Å². The summed E-state index contributed by atoms with van der Waals surface area (Å²) in [5, 5.41) is 6.02. The van der Waals surface area contributed by atoms with E-state index in [1.807, 2.05) is 37.3 Å². The van der Waals surface area contributed by atoms with Crippen molar-refractivity contribution in [2.24, 2.45) is 0 Å². The molecule has 2 aliphatic heterocycles. The highest BCUT2D eigenvalue weighted by Crippen LogP contribution is 2.28. The number of nitrogens with zero attached hydrogens (tertiary/aromatic N) is 4. The van der Waals surface area contributed by atoms with Crippen molar-refractivity contribution in [1.82, 2.24) is 25.1 Å². The van der Waals surface area contributed by atoms with Crippen molar-refractivity contribution in [3.8, 4) is 24.7 Å². The molecule has 2 atom stereocenters. The fraction of sp³-hybridized carbons (Fsp3) is 0.500. The molecule has 0 unspecified atom stereocenters. The van der Waals surface area contributed by atoms with Crippen molar-refractivity contribution in [1.29, 1.82) is 0 Å². The number of terminal acetylenes is 2. The average molecular weight is 480 g/mol. The predicted molar refractivity (Wildman–Crippen MR) is 131 cm³/mol. The average Bonchev–Trinajstić information content (AvgIpc) is 2.86. The Bertz CT molecular complexity index is 970. The van der Waals surface area contributed by atoms with Gasteiger partial charge >= 0.3 is 6.03 Å². The topological polar surface area (TPSA) is 85.4 Å². The summed E-state index contributed by atoms with van der Waals surface area (Å²) in [7, 11) is 0. The smallest absolute Gasteiger partial charge is 0.334 e. The molecule has 0 aliphatic carbocycles. The zero-order valence-corrected chi connectivity index (χ0v) is 20.2. The van der Waals surface area contributed by atoms with Crippen LogP contribution < -0.4 is 5.32 Å². The third-order valence-corrected chi connectivity index (χ3v) is 6.12. The third kappa shape index (κ3) is 6.33. The summed E-state index contributed by atoms with van der Waals surface area (Å²) in [6.45, 7) is 3.27. The molecular formula is C26H33N5O4. The molecule has 4 amide bonds. The molecule has 0 saturated carbocycles. The number of hydrogen-bond acceptors (Lipinski definition) is 5. The first-order chi connectivity index (χ1) is 17.0. The summed E-state index contributed by atoms with van der Waals surface area (Å²) in [4.78, 5) is 43.3. The highest BCUT2D eigenvalue weighted by atomic mass is 16.5. The van der Waals surface area contributed by atoms with Gasteiger partial charge in [0.2, 0.25) is 11.8 Å². The van der Waals surface area contributed by atoms with E-state index in [-0.39, 0.29) is 50.7 Å². The van der Waals surface area contributed by atoms with E-state index in [1.165, 1.54) is 5.01 Å². The van der Waals surface area contributed by atoms with Crippen LogP contribution in [0.2, 0.25) is 0 Å². The first-order valence-electron chi connectivity index (χ1n) is 11.9. The van der Waals surface area contributed by atoms with Gasteiger partial charge in [0.25, 0.3) is 0 Å². The normalized spacial score (nSPS) is 20.3. The number of urea groups is 1. The second-order valence-corrected chi connectivity index (χ2v) is 8.50. The van der Waals surface area contributed by atoms with Crippen molar-refractivity contribution in [3.05, 3.63) is 35.9 Å². The number of carbonyl (C=O) groups is 3. The lowest BCUT2D eigenvalue weighted by atomic mass is 10.0. The molecule has 9 heteroatoms. The molecule has 0 radical (unpaired) electrons. The summed E-state index contributed by atoms with van der Waals surface area (Å²) in [5.41, 5.74) is 0.946. The fourth-order valence-corrected chi connectivity index (χ4v) is 4.47. The molecule has 9 nitrogen and oxygen atoms in total. The lowest BCUT2D eigenvalue weighted by molar-refractivity contribution is -0.189. The maximum atomic E-state index is 13.4. The summed E-state index contributed by atoms with van der Waals surface area (Å²) in [6, 6.07) is 8.53. The minimum Gasteiger partial charge on any atom is -0.367 e. The first-order valence-corrected chi connectivity index (χ1v) is 11.9. The van der Waals surface area contributed by atoms with E-state index in [0.29, 0.717) is 19.5 Å². The Morgan fingerprint density at radius 2 is 1.97 bits per heavy atom. The number of hydrazine groups is 1. The Morgan fingerprint density at radius 3 is 2.66 bits per heavy atom. The highest BCUT2D eigenvalue weighted by molar-refractivity contribution is 5.91. The van der Waals surface area contributed by atoms with Crippen LogP contribution in [0.15, 0.2) is 30.3 Å². The van der Waals surface area contributed by atoms with Crippen molar-refractivity contribution >= 4 is 17.8 Å². The molecule has 1 aromatic carbocycles. The van der Waals surface area contributed by atoms with E-state index in [1.54, 1.807) is 14.8 Å². The maximum Gasteiger partial charge on any atom is 0.334 e. The van der Waals surface area contributed by atoms with Crippen LogP contribution in [0.1, 0.15) is 31.7 Å². The molecular weight excluding hydrogens is 446 g/mol. The third-order valence-electron chi connectivity index (χ3n) is 6.12. The quantitative estimate of drug-likeness (QED) is 0.404.